The molecule has 4 rings (SSSR count). The molecule has 0 aliphatic carbocycles. The second-order valence-electron chi connectivity index (χ2n) is 6.98. The summed E-state index contributed by atoms with van der Waals surface area (Å²) >= 11 is 1.22. The first-order valence-corrected chi connectivity index (χ1v) is 10.8. The van der Waals surface area contributed by atoms with Crippen molar-refractivity contribution in [2.75, 3.05) is 5.75 Å². The normalized spacial score (nSPS) is 10.9. The molecule has 0 radical (unpaired) electrons. The minimum absolute atomic E-state index is 0.112. The maximum Gasteiger partial charge on any atom is 0.262 e. The highest BCUT2D eigenvalue weighted by molar-refractivity contribution is 7.99. The van der Waals surface area contributed by atoms with E-state index < -0.39 is 0 Å². The van der Waals surface area contributed by atoms with Crippen LogP contribution in [0.3, 0.4) is 0 Å². The quantitative estimate of drug-likeness (QED) is 0.354. The largest absolute Gasteiger partial charge is 0.351 e. The van der Waals surface area contributed by atoms with E-state index in [4.69, 9.17) is 0 Å². The fourth-order valence-corrected chi connectivity index (χ4v) is 3.98. The lowest BCUT2D eigenvalue weighted by molar-refractivity contribution is -0.118. The molecule has 0 aliphatic heterocycles. The highest BCUT2D eigenvalue weighted by Gasteiger charge is 2.13. The molecule has 0 saturated heterocycles. The summed E-state index contributed by atoms with van der Waals surface area (Å²) in [5, 5.41) is 3.85. The zero-order chi connectivity index (χ0) is 21.6. The Morgan fingerprint density at radius 1 is 0.935 bits per heavy atom. The number of carbonyl (C=O) groups is 1. The Kier molecular flexibility index (Phi) is 6.43. The summed E-state index contributed by atoms with van der Waals surface area (Å²) in [5.74, 6) is -0.395. The second kappa shape index (κ2) is 9.57. The molecule has 1 heterocycles. The van der Waals surface area contributed by atoms with Crippen LogP contribution in [-0.2, 0) is 17.9 Å². The van der Waals surface area contributed by atoms with Crippen molar-refractivity contribution in [1.82, 2.24) is 14.9 Å². The van der Waals surface area contributed by atoms with E-state index in [1.807, 2.05) is 42.5 Å². The first-order chi connectivity index (χ1) is 15.1. The first-order valence-electron chi connectivity index (χ1n) is 9.77. The van der Waals surface area contributed by atoms with Gasteiger partial charge in [-0.15, -0.1) is 0 Å². The van der Waals surface area contributed by atoms with Gasteiger partial charge in [-0.1, -0.05) is 66.4 Å². The van der Waals surface area contributed by atoms with Crippen LogP contribution in [0.4, 0.5) is 4.39 Å². The van der Waals surface area contributed by atoms with Crippen LogP contribution in [0.5, 0.6) is 0 Å². The molecule has 3 aromatic carbocycles. The van der Waals surface area contributed by atoms with Crippen LogP contribution in [-0.4, -0.2) is 21.2 Å². The molecule has 7 heteroatoms. The zero-order valence-corrected chi connectivity index (χ0v) is 17.4. The van der Waals surface area contributed by atoms with Crippen LogP contribution in [0, 0.1) is 5.82 Å². The van der Waals surface area contributed by atoms with Crippen LogP contribution in [0.25, 0.3) is 10.9 Å². The number of amides is 1. The molecule has 1 aromatic heterocycles. The topological polar surface area (TPSA) is 64.0 Å². The zero-order valence-electron chi connectivity index (χ0n) is 16.6. The van der Waals surface area contributed by atoms with Gasteiger partial charge in [0.1, 0.15) is 5.82 Å². The van der Waals surface area contributed by atoms with Crippen LogP contribution >= 0.6 is 11.8 Å². The Balaban J connectivity index is 1.52. The second-order valence-corrected chi connectivity index (χ2v) is 7.92. The monoisotopic (exact) mass is 433 g/mol. The smallest absolute Gasteiger partial charge is 0.262 e. The van der Waals surface area contributed by atoms with Crippen molar-refractivity contribution in [2.45, 2.75) is 18.2 Å². The average Bonchev–Trinajstić information content (AvgIpc) is 2.80. The van der Waals surface area contributed by atoms with Crippen molar-refractivity contribution in [3.63, 3.8) is 0 Å². The Labute approximate surface area is 182 Å². The van der Waals surface area contributed by atoms with E-state index in [1.165, 1.54) is 23.9 Å². The lowest BCUT2D eigenvalue weighted by Gasteiger charge is -2.13. The molecule has 0 unspecified atom stereocenters. The van der Waals surface area contributed by atoms with Gasteiger partial charge in [-0.2, -0.15) is 0 Å². The van der Waals surface area contributed by atoms with E-state index in [0.717, 1.165) is 11.1 Å². The van der Waals surface area contributed by atoms with Crippen molar-refractivity contribution >= 4 is 28.6 Å². The first kappa shape index (κ1) is 20.8. The number of nitrogens with zero attached hydrogens (tertiary/aromatic N) is 2. The molecule has 4 aromatic rings. The molecular formula is C24H20FN3O2S. The number of rotatable bonds is 7. The van der Waals surface area contributed by atoms with Crippen molar-refractivity contribution in [3.8, 4) is 0 Å². The number of nitrogens with one attached hydrogen (secondary N) is 1. The Morgan fingerprint density at radius 2 is 1.65 bits per heavy atom. The molecule has 0 aliphatic rings. The fraction of sp³-hybridized carbons (Fsp3) is 0.125. The summed E-state index contributed by atoms with van der Waals surface area (Å²) in [5.41, 5.74) is 2.25. The Morgan fingerprint density at radius 3 is 2.42 bits per heavy atom. The molecule has 0 fully saturated rings. The number of hydrogen-bond acceptors (Lipinski definition) is 4. The maximum atomic E-state index is 13.1. The predicted molar refractivity (Wildman–Crippen MR) is 121 cm³/mol. The maximum absolute atomic E-state index is 13.1. The highest BCUT2D eigenvalue weighted by Crippen LogP contribution is 2.19. The SMILES string of the molecule is O=C(CSc1nc2ccccc2c(=O)n1Cc1ccccc1)NCc1ccc(F)cc1. The number of aromatic nitrogens is 2. The summed E-state index contributed by atoms with van der Waals surface area (Å²) < 4.78 is 14.6. The number of hydrogen-bond donors (Lipinski definition) is 1. The number of carbonyl (C=O) groups excluding carboxylic acids is 1. The Bertz CT molecular complexity index is 1260. The van der Waals surface area contributed by atoms with Crippen LogP contribution in [0.1, 0.15) is 11.1 Å². The fourth-order valence-electron chi connectivity index (χ4n) is 3.15. The van der Waals surface area contributed by atoms with Gasteiger partial charge in [-0.25, -0.2) is 9.37 Å². The minimum atomic E-state index is -0.315. The van der Waals surface area contributed by atoms with Gasteiger partial charge in [-0.3, -0.25) is 14.2 Å². The third-order valence-corrected chi connectivity index (χ3v) is 5.72. The molecule has 0 spiro atoms. The van der Waals surface area contributed by atoms with Crippen molar-refractivity contribution in [2.24, 2.45) is 0 Å². The van der Waals surface area contributed by atoms with Gasteiger partial charge in [0.2, 0.25) is 5.91 Å². The number of halogens is 1. The molecule has 5 nitrogen and oxygen atoms in total. The van der Waals surface area contributed by atoms with Crippen molar-refractivity contribution in [1.29, 1.82) is 0 Å². The number of fused-ring (bicyclic) bond motifs is 1. The molecule has 0 bridgehead atoms. The highest BCUT2D eigenvalue weighted by atomic mass is 32.2. The lowest BCUT2D eigenvalue weighted by atomic mass is 10.2. The molecule has 0 saturated carbocycles. The lowest BCUT2D eigenvalue weighted by Crippen LogP contribution is -2.27. The van der Waals surface area contributed by atoms with E-state index in [0.29, 0.717) is 29.1 Å². The van der Waals surface area contributed by atoms with Gasteiger partial charge in [-0.05, 0) is 35.4 Å². The van der Waals surface area contributed by atoms with Crippen molar-refractivity contribution < 1.29 is 9.18 Å². The standard InChI is InChI=1S/C24H20FN3O2S/c25-19-12-10-17(11-13-19)14-26-22(29)16-31-24-27-21-9-5-4-8-20(21)23(30)28(24)15-18-6-2-1-3-7-18/h1-13H,14-16H2,(H,26,29). The third-order valence-electron chi connectivity index (χ3n) is 4.75. The summed E-state index contributed by atoms with van der Waals surface area (Å²) in [4.78, 5) is 30.1. The van der Waals surface area contributed by atoms with E-state index >= 15 is 0 Å². The molecule has 31 heavy (non-hydrogen) atoms. The van der Waals surface area contributed by atoms with E-state index in [1.54, 1.807) is 28.8 Å². The molecule has 1 N–H and O–H groups in total. The van der Waals surface area contributed by atoms with E-state index in [-0.39, 0.29) is 23.0 Å². The van der Waals surface area contributed by atoms with E-state index in [2.05, 4.69) is 10.3 Å². The van der Waals surface area contributed by atoms with E-state index in [9.17, 15) is 14.0 Å². The summed E-state index contributed by atoms with van der Waals surface area (Å²) in [6.07, 6.45) is 0. The van der Waals surface area contributed by atoms with Gasteiger partial charge in [0.15, 0.2) is 5.16 Å². The third kappa shape index (κ3) is 5.19. The Hall–Kier alpha value is -3.45. The minimum Gasteiger partial charge on any atom is -0.351 e. The number of para-hydroxylation sites is 1. The number of thioether (sulfide) groups is 1. The predicted octanol–water partition coefficient (Wildman–Crippen LogP) is 3.99. The van der Waals surface area contributed by atoms with Crippen molar-refractivity contribution in [3.05, 3.63) is 106 Å². The number of benzene rings is 3. The van der Waals surface area contributed by atoms with Gasteiger partial charge in [0.25, 0.3) is 5.56 Å². The molecule has 1 amide bonds. The molecular weight excluding hydrogens is 413 g/mol. The van der Waals surface area contributed by atoms with Crippen LogP contribution in [0.2, 0.25) is 0 Å². The molecule has 156 valence electrons. The average molecular weight is 434 g/mol. The van der Waals surface area contributed by atoms with Crippen LogP contribution < -0.4 is 10.9 Å². The van der Waals surface area contributed by atoms with Gasteiger partial charge < -0.3 is 5.32 Å². The summed E-state index contributed by atoms with van der Waals surface area (Å²) in [7, 11) is 0. The van der Waals surface area contributed by atoms with Crippen LogP contribution in [0.15, 0.2) is 88.8 Å². The van der Waals surface area contributed by atoms with Gasteiger partial charge in [0.05, 0.1) is 23.2 Å². The summed E-state index contributed by atoms with van der Waals surface area (Å²) in [6, 6.07) is 22.8. The summed E-state index contributed by atoms with van der Waals surface area (Å²) in [6.45, 7) is 0.679. The molecule has 0 atom stereocenters. The van der Waals surface area contributed by atoms with Gasteiger partial charge >= 0.3 is 0 Å². The van der Waals surface area contributed by atoms with Gasteiger partial charge in [0, 0.05) is 6.54 Å².